The lowest BCUT2D eigenvalue weighted by atomic mass is 10.0. The van der Waals surface area contributed by atoms with Gasteiger partial charge in [0.2, 0.25) is 5.91 Å². The number of hydrogen-bond donors (Lipinski definition) is 2. The van der Waals surface area contributed by atoms with E-state index in [4.69, 9.17) is 5.73 Å². The van der Waals surface area contributed by atoms with Gasteiger partial charge in [-0.05, 0) is 13.3 Å². The highest BCUT2D eigenvalue weighted by Gasteiger charge is 2.17. The molecule has 2 atom stereocenters. The van der Waals surface area contributed by atoms with Gasteiger partial charge >= 0.3 is 0 Å². The smallest absolute Gasteiger partial charge is 0.224 e. The van der Waals surface area contributed by atoms with E-state index >= 15 is 0 Å². The molecule has 2 unspecified atom stereocenters. The number of carbonyl (C=O) groups excluding carboxylic acids is 1. The highest BCUT2D eigenvalue weighted by Crippen LogP contribution is 2.07. The summed E-state index contributed by atoms with van der Waals surface area (Å²) in [5.74, 6) is -0.178. The van der Waals surface area contributed by atoms with Crippen molar-refractivity contribution in [1.82, 2.24) is 15.1 Å². The maximum atomic E-state index is 11.7. The molecule has 0 radical (unpaired) electrons. The Morgan fingerprint density at radius 3 is 2.76 bits per heavy atom. The second-order valence-electron chi connectivity index (χ2n) is 4.49. The molecule has 0 aliphatic heterocycles. The fourth-order valence-corrected chi connectivity index (χ4v) is 1.61. The van der Waals surface area contributed by atoms with E-state index in [1.54, 1.807) is 4.68 Å². The Labute approximate surface area is 102 Å². The molecule has 0 fully saturated rings. The van der Waals surface area contributed by atoms with Crippen LogP contribution in [0.1, 0.15) is 32.0 Å². The van der Waals surface area contributed by atoms with Gasteiger partial charge in [-0.2, -0.15) is 5.10 Å². The van der Waals surface area contributed by atoms with Crippen LogP contribution in [0.3, 0.4) is 0 Å². The van der Waals surface area contributed by atoms with E-state index in [1.165, 1.54) is 0 Å². The molecule has 3 N–H and O–H groups in total. The van der Waals surface area contributed by atoms with Crippen LogP contribution in [0.15, 0.2) is 6.20 Å². The molecule has 17 heavy (non-hydrogen) atoms. The molecule has 96 valence electrons. The molecule has 1 aromatic heterocycles. The minimum atomic E-state index is -0.170. The Morgan fingerprint density at radius 1 is 1.59 bits per heavy atom. The molecule has 0 aromatic carbocycles. The second kappa shape index (κ2) is 5.82. The fourth-order valence-electron chi connectivity index (χ4n) is 1.61. The zero-order chi connectivity index (χ0) is 13.0. The largest absolute Gasteiger partial charge is 0.352 e. The summed E-state index contributed by atoms with van der Waals surface area (Å²) in [7, 11) is 1.88. The van der Waals surface area contributed by atoms with Crippen LogP contribution >= 0.6 is 0 Å². The minimum Gasteiger partial charge on any atom is -0.352 e. The third kappa shape index (κ3) is 3.56. The average molecular weight is 238 g/mol. The molecule has 5 heteroatoms. The number of hydrogen-bond acceptors (Lipinski definition) is 3. The van der Waals surface area contributed by atoms with Gasteiger partial charge in [-0.15, -0.1) is 0 Å². The van der Waals surface area contributed by atoms with Gasteiger partial charge in [-0.25, -0.2) is 0 Å². The zero-order valence-corrected chi connectivity index (χ0v) is 11.0. The van der Waals surface area contributed by atoms with Gasteiger partial charge < -0.3 is 11.1 Å². The van der Waals surface area contributed by atoms with Gasteiger partial charge in [0, 0.05) is 37.3 Å². The van der Waals surface area contributed by atoms with Crippen molar-refractivity contribution in [2.75, 3.05) is 0 Å². The monoisotopic (exact) mass is 238 g/mol. The number of rotatable bonds is 5. The van der Waals surface area contributed by atoms with Gasteiger partial charge in [0.25, 0.3) is 0 Å². The lowest BCUT2D eigenvalue weighted by Gasteiger charge is -2.15. The molecular weight excluding hydrogens is 216 g/mol. The van der Waals surface area contributed by atoms with Crippen molar-refractivity contribution in [3.8, 4) is 0 Å². The van der Waals surface area contributed by atoms with Crippen molar-refractivity contribution < 1.29 is 4.79 Å². The van der Waals surface area contributed by atoms with Crippen molar-refractivity contribution >= 4 is 5.91 Å². The van der Waals surface area contributed by atoms with Crippen molar-refractivity contribution in [2.45, 2.75) is 39.8 Å². The predicted octanol–water partition coefficient (Wildman–Crippen LogP) is 0.582. The topological polar surface area (TPSA) is 72.9 Å². The van der Waals surface area contributed by atoms with E-state index in [2.05, 4.69) is 17.3 Å². The van der Waals surface area contributed by atoms with Gasteiger partial charge in [0.15, 0.2) is 0 Å². The second-order valence-corrected chi connectivity index (χ2v) is 4.49. The third-order valence-corrected chi connectivity index (χ3v) is 2.98. The molecule has 0 spiro atoms. The molecule has 1 aromatic rings. The average Bonchev–Trinajstić information content (AvgIpc) is 2.65. The first-order valence-corrected chi connectivity index (χ1v) is 6.00. The summed E-state index contributed by atoms with van der Waals surface area (Å²) in [6, 6.07) is -0.130. The number of carbonyl (C=O) groups is 1. The van der Waals surface area contributed by atoms with E-state index in [1.807, 2.05) is 27.1 Å². The minimum absolute atomic E-state index is 0.00842. The van der Waals surface area contributed by atoms with Gasteiger partial charge in [0.05, 0.1) is 5.69 Å². The van der Waals surface area contributed by atoms with Crippen LogP contribution in [-0.4, -0.2) is 21.7 Å². The van der Waals surface area contributed by atoms with Crippen LogP contribution in [0.5, 0.6) is 0 Å². The van der Waals surface area contributed by atoms with Crippen molar-refractivity contribution in [3.05, 3.63) is 17.5 Å². The first-order valence-electron chi connectivity index (χ1n) is 6.00. The summed E-state index contributed by atoms with van der Waals surface area (Å²) in [4.78, 5) is 11.7. The Balaban J connectivity index is 2.58. The fraction of sp³-hybridized carbons (Fsp3) is 0.667. The maximum absolute atomic E-state index is 11.7. The molecule has 1 rings (SSSR count). The van der Waals surface area contributed by atoms with Crippen molar-refractivity contribution in [3.63, 3.8) is 0 Å². The number of nitrogens with one attached hydrogen (secondary N) is 1. The summed E-state index contributed by atoms with van der Waals surface area (Å²) >= 11 is 0. The normalized spacial score (nSPS) is 14.4. The predicted molar refractivity (Wildman–Crippen MR) is 67.2 cm³/mol. The highest BCUT2D eigenvalue weighted by molar-refractivity contribution is 5.78. The molecule has 0 saturated carbocycles. The van der Waals surface area contributed by atoms with Crippen molar-refractivity contribution in [1.29, 1.82) is 0 Å². The van der Waals surface area contributed by atoms with Crippen LogP contribution in [0, 0.1) is 5.92 Å². The lowest BCUT2D eigenvalue weighted by molar-refractivity contribution is -0.125. The number of amides is 1. The number of nitrogens with zero attached hydrogens (tertiary/aromatic N) is 2. The number of aryl methyl sites for hydroxylation is 2. The summed E-state index contributed by atoms with van der Waals surface area (Å²) in [5.41, 5.74) is 7.79. The molecule has 0 aliphatic carbocycles. The Bertz CT molecular complexity index is 384. The Morgan fingerprint density at radius 2 is 2.24 bits per heavy atom. The zero-order valence-electron chi connectivity index (χ0n) is 11.0. The van der Waals surface area contributed by atoms with Crippen LogP contribution in [-0.2, 0) is 24.8 Å². The quantitative estimate of drug-likeness (QED) is 0.788. The van der Waals surface area contributed by atoms with Crippen LogP contribution in [0.4, 0.5) is 0 Å². The molecule has 0 aliphatic rings. The number of nitrogens with two attached hydrogens (primary N) is 1. The molecule has 1 heterocycles. The summed E-state index contributed by atoms with van der Waals surface area (Å²) in [6.07, 6.45) is 2.81. The Kier molecular flexibility index (Phi) is 4.69. The van der Waals surface area contributed by atoms with Crippen LogP contribution in [0.25, 0.3) is 0 Å². The first kappa shape index (κ1) is 13.7. The molecule has 0 bridgehead atoms. The molecule has 1 amide bonds. The number of aromatic nitrogens is 2. The molecular formula is C12H22N4O. The lowest BCUT2D eigenvalue weighted by Crippen LogP contribution is -2.38. The summed E-state index contributed by atoms with van der Waals surface area (Å²) < 4.78 is 1.77. The van der Waals surface area contributed by atoms with Crippen molar-refractivity contribution in [2.24, 2.45) is 18.7 Å². The maximum Gasteiger partial charge on any atom is 0.224 e. The summed E-state index contributed by atoms with van der Waals surface area (Å²) in [5, 5.41) is 7.22. The third-order valence-electron chi connectivity index (χ3n) is 2.98. The van der Waals surface area contributed by atoms with E-state index in [9.17, 15) is 4.79 Å². The molecule has 0 saturated heterocycles. The van der Waals surface area contributed by atoms with Gasteiger partial charge in [0.1, 0.15) is 0 Å². The molecule has 5 nitrogen and oxygen atoms in total. The van der Waals surface area contributed by atoms with E-state index < -0.39 is 0 Å². The van der Waals surface area contributed by atoms with Gasteiger partial charge in [-0.3, -0.25) is 9.48 Å². The standard InChI is InChI=1S/C12H22N4O/c1-5-11-10(7-16(4)15-11)6-14-12(17)8(2)9(3)13/h7-9H,5-6,13H2,1-4H3,(H,14,17). The van der Waals surface area contributed by atoms with E-state index in [0.717, 1.165) is 17.7 Å². The van der Waals surface area contributed by atoms with Crippen LogP contribution < -0.4 is 11.1 Å². The van der Waals surface area contributed by atoms with Crippen LogP contribution in [0.2, 0.25) is 0 Å². The Hall–Kier alpha value is -1.36. The van der Waals surface area contributed by atoms with E-state index in [-0.39, 0.29) is 17.9 Å². The first-order chi connectivity index (χ1) is 7.95. The van der Waals surface area contributed by atoms with Gasteiger partial charge in [-0.1, -0.05) is 13.8 Å². The highest BCUT2D eigenvalue weighted by atomic mass is 16.1. The summed E-state index contributed by atoms with van der Waals surface area (Å²) in [6.45, 7) is 6.25. The van der Waals surface area contributed by atoms with E-state index in [0.29, 0.717) is 6.54 Å². The SMILES string of the molecule is CCc1nn(C)cc1CNC(=O)C(C)C(C)N.